The number of ketones is 1. The third-order valence-electron chi connectivity index (χ3n) is 6.04. The maximum atomic E-state index is 15.4. The van der Waals surface area contributed by atoms with Gasteiger partial charge in [-0.05, 0) is 66.9 Å². The van der Waals surface area contributed by atoms with Gasteiger partial charge in [0.15, 0.2) is 11.6 Å². The summed E-state index contributed by atoms with van der Waals surface area (Å²) in [6, 6.07) is 13.7. The highest BCUT2D eigenvalue weighted by atomic mass is 32.2. The second-order valence-electron chi connectivity index (χ2n) is 8.61. The molecule has 5 aromatic rings. The number of pyridine rings is 2. The lowest BCUT2D eigenvalue weighted by molar-refractivity contribution is 0.103. The molecule has 2 aromatic carbocycles. The van der Waals surface area contributed by atoms with Crippen molar-refractivity contribution in [3.63, 3.8) is 0 Å². The topological polar surface area (TPSA) is 105 Å². The minimum absolute atomic E-state index is 0.143. The van der Waals surface area contributed by atoms with Crippen molar-refractivity contribution in [1.29, 1.82) is 0 Å². The molecular formula is C27H23FN4O3S. The van der Waals surface area contributed by atoms with Crippen molar-refractivity contribution in [3.8, 4) is 11.1 Å². The Bertz CT molecular complexity index is 1730. The van der Waals surface area contributed by atoms with Gasteiger partial charge < -0.3 is 4.98 Å². The molecule has 0 aliphatic heterocycles. The molecule has 0 spiro atoms. The van der Waals surface area contributed by atoms with Gasteiger partial charge in [-0.25, -0.2) is 17.8 Å². The highest BCUT2D eigenvalue weighted by Crippen LogP contribution is 2.31. The van der Waals surface area contributed by atoms with Crippen molar-refractivity contribution < 1.29 is 17.6 Å². The molecule has 0 aliphatic carbocycles. The number of nitrogens with zero attached hydrogens (tertiary/aromatic N) is 2. The van der Waals surface area contributed by atoms with E-state index in [1.165, 1.54) is 12.1 Å². The molecule has 0 aliphatic rings. The lowest BCUT2D eigenvalue weighted by Gasteiger charge is -2.13. The molecule has 9 heteroatoms. The zero-order valence-electron chi connectivity index (χ0n) is 19.7. The van der Waals surface area contributed by atoms with Crippen LogP contribution < -0.4 is 4.72 Å². The third-order valence-corrected chi connectivity index (χ3v) is 7.52. The summed E-state index contributed by atoms with van der Waals surface area (Å²) >= 11 is 0. The molecule has 0 bridgehead atoms. The summed E-state index contributed by atoms with van der Waals surface area (Å²) in [5.74, 6) is -1.56. The van der Waals surface area contributed by atoms with Crippen LogP contribution in [-0.2, 0) is 10.0 Å². The molecule has 0 fully saturated rings. The number of H-pyrrole nitrogens is 1. The van der Waals surface area contributed by atoms with Crippen molar-refractivity contribution in [2.24, 2.45) is 0 Å². The maximum absolute atomic E-state index is 15.4. The summed E-state index contributed by atoms with van der Waals surface area (Å²) in [5.41, 5.74) is 3.61. The lowest BCUT2D eigenvalue weighted by Crippen LogP contribution is -2.18. The Morgan fingerprint density at radius 2 is 1.81 bits per heavy atom. The smallest absolute Gasteiger partial charge is 0.232 e. The molecule has 3 heterocycles. The van der Waals surface area contributed by atoms with E-state index in [0.717, 1.165) is 27.4 Å². The molecule has 0 unspecified atom stereocenters. The van der Waals surface area contributed by atoms with Crippen LogP contribution in [0.1, 0.15) is 34.8 Å². The fraction of sp³-hybridized carbons (Fsp3) is 0.148. The quantitative estimate of drug-likeness (QED) is 0.282. The Hall–Kier alpha value is -4.11. The summed E-state index contributed by atoms with van der Waals surface area (Å²) in [6.45, 7) is 3.34. The second kappa shape index (κ2) is 9.16. The van der Waals surface area contributed by atoms with Gasteiger partial charge in [0.25, 0.3) is 0 Å². The fourth-order valence-electron chi connectivity index (χ4n) is 4.28. The van der Waals surface area contributed by atoms with E-state index in [4.69, 9.17) is 0 Å². The highest BCUT2D eigenvalue weighted by Gasteiger charge is 2.22. The minimum Gasteiger partial charge on any atom is -0.339 e. The monoisotopic (exact) mass is 502 g/mol. The van der Waals surface area contributed by atoms with Gasteiger partial charge in [-0.3, -0.25) is 14.5 Å². The van der Waals surface area contributed by atoms with Crippen LogP contribution in [0.25, 0.3) is 33.1 Å². The number of carbonyl (C=O) groups is 1. The molecule has 0 amide bonds. The number of aromatic amines is 1. The molecule has 2 N–H and O–H groups in total. The predicted octanol–water partition coefficient (Wildman–Crippen LogP) is 5.61. The van der Waals surface area contributed by atoms with Crippen LogP contribution in [0.5, 0.6) is 0 Å². The van der Waals surface area contributed by atoms with Crippen molar-refractivity contribution in [2.75, 3.05) is 10.5 Å². The number of carbonyl (C=O) groups excluding carboxylic acids is 1. The summed E-state index contributed by atoms with van der Waals surface area (Å²) in [6.07, 6.45) is 5.57. The average Bonchev–Trinajstić information content (AvgIpc) is 3.23. The standard InChI is InChI=1S/C27H23FN4O3S/c1-3-12-36(34,35)32-23-6-4-16(2)24(25(23)28)26(33)18-5-7-22-20(13-18)21-14-19(15-30-27(21)31-22)17-8-10-29-11-9-17/h4-11,13-15,32H,3,12H2,1-2H3,(H,30,31). The normalized spacial score (nSPS) is 11.8. The fourth-order valence-corrected chi connectivity index (χ4v) is 5.41. The number of hydrogen-bond donors (Lipinski definition) is 2. The zero-order valence-corrected chi connectivity index (χ0v) is 20.5. The van der Waals surface area contributed by atoms with Gasteiger partial charge in [0.1, 0.15) is 5.65 Å². The number of fused-ring (bicyclic) bond motifs is 3. The maximum Gasteiger partial charge on any atom is 0.232 e. The first-order chi connectivity index (χ1) is 17.3. The molecule has 0 radical (unpaired) electrons. The number of benzene rings is 2. The van der Waals surface area contributed by atoms with E-state index < -0.39 is 21.6 Å². The van der Waals surface area contributed by atoms with Crippen LogP contribution >= 0.6 is 0 Å². The summed E-state index contributed by atoms with van der Waals surface area (Å²) in [7, 11) is -3.72. The van der Waals surface area contributed by atoms with E-state index in [0.29, 0.717) is 17.6 Å². The Morgan fingerprint density at radius 3 is 2.56 bits per heavy atom. The number of halogens is 1. The first-order valence-corrected chi connectivity index (χ1v) is 13.1. The molecule has 7 nitrogen and oxygen atoms in total. The number of nitrogens with one attached hydrogen (secondary N) is 2. The summed E-state index contributed by atoms with van der Waals surface area (Å²) in [5, 5.41) is 1.60. The van der Waals surface area contributed by atoms with Gasteiger partial charge in [-0.15, -0.1) is 0 Å². The Balaban J connectivity index is 1.58. The van der Waals surface area contributed by atoms with E-state index in [9.17, 15) is 13.2 Å². The van der Waals surface area contributed by atoms with E-state index >= 15 is 4.39 Å². The highest BCUT2D eigenvalue weighted by molar-refractivity contribution is 7.92. The van der Waals surface area contributed by atoms with E-state index in [-0.39, 0.29) is 22.6 Å². The molecule has 5 rings (SSSR count). The van der Waals surface area contributed by atoms with Crippen molar-refractivity contribution in [3.05, 3.63) is 89.6 Å². The molecule has 182 valence electrons. The van der Waals surface area contributed by atoms with Crippen LogP contribution in [0.3, 0.4) is 0 Å². The second-order valence-corrected chi connectivity index (χ2v) is 10.5. The molecule has 0 atom stereocenters. The van der Waals surface area contributed by atoms with Gasteiger partial charge in [-0.2, -0.15) is 0 Å². The van der Waals surface area contributed by atoms with Crippen LogP contribution in [0.2, 0.25) is 0 Å². The molecule has 0 saturated carbocycles. The summed E-state index contributed by atoms with van der Waals surface area (Å²) < 4.78 is 42.0. The van der Waals surface area contributed by atoms with Gasteiger partial charge >= 0.3 is 0 Å². The van der Waals surface area contributed by atoms with E-state index in [1.807, 2.05) is 18.2 Å². The van der Waals surface area contributed by atoms with Crippen molar-refractivity contribution in [1.82, 2.24) is 15.0 Å². The number of rotatable bonds is 7. The van der Waals surface area contributed by atoms with Gasteiger partial charge in [0.2, 0.25) is 10.0 Å². The number of aryl methyl sites for hydroxylation is 1. The SMILES string of the molecule is CCCS(=O)(=O)Nc1ccc(C)c(C(=O)c2ccc3[nH]c4ncc(-c5ccncc5)cc4c3c2)c1F. The van der Waals surface area contributed by atoms with Crippen LogP contribution in [0.4, 0.5) is 10.1 Å². The Morgan fingerprint density at radius 1 is 1.03 bits per heavy atom. The Labute approximate surface area is 207 Å². The first-order valence-electron chi connectivity index (χ1n) is 11.4. The van der Waals surface area contributed by atoms with Crippen molar-refractivity contribution in [2.45, 2.75) is 20.3 Å². The first kappa shape index (κ1) is 23.6. The largest absolute Gasteiger partial charge is 0.339 e. The van der Waals surface area contributed by atoms with E-state index in [1.54, 1.807) is 50.6 Å². The Kier molecular flexibility index (Phi) is 6.01. The van der Waals surface area contributed by atoms with Crippen LogP contribution in [0, 0.1) is 12.7 Å². The number of aromatic nitrogens is 3. The minimum atomic E-state index is -3.72. The van der Waals surface area contributed by atoms with Crippen molar-refractivity contribution >= 4 is 43.4 Å². The lowest BCUT2D eigenvalue weighted by atomic mass is 9.96. The molecular weight excluding hydrogens is 479 g/mol. The zero-order chi connectivity index (χ0) is 25.4. The number of sulfonamides is 1. The third kappa shape index (κ3) is 4.33. The van der Waals surface area contributed by atoms with Gasteiger partial charge in [0, 0.05) is 46.0 Å². The van der Waals surface area contributed by atoms with Crippen LogP contribution in [-0.4, -0.2) is 34.9 Å². The summed E-state index contributed by atoms with van der Waals surface area (Å²) in [4.78, 5) is 25.3. The number of anilines is 1. The number of hydrogen-bond acceptors (Lipinski definition) is 5. The molecule has 0 saturated heterocycles. The predicted molar refractivity (Wildman–Crippen MR) is 139 cm³/mol. The van der Waals surface area contributed by atoms with Gasteiger partial charge in [0.05, 0.1) is 17.0 Å². The van der Waals surface area contributed by atoms with E-state index in [2.05, 4.69) is 19.7 Å². The molecule has 3 aromatic heterocycles. The average molecular weight is 503 g/mol. The molecule has 36 heavy (non-hydrogen) atoms. The van der Waals surface area contributed by atoms with Crippen LogP contribution in [0.15, 0.2) is 67.1 Å². The van der Waals surface area contributed by atoms with Gasteiger partial charge in [-0.1, -0.05) is 13.0 Å².